The number of alkyl carbamates (subject to hydrolysis) is 1. The maximum absolute atomic E-state index is 13.9. The number of amides is 1. The first kappa shape index (κ1) is 31.9. The van der Waals surface area contributed by atoms with Crippen molar-refractivity contribution in [1.29, 1.82) is 0 Å². The van der Waals surface area contributed by atoms with Crippen LogP contribution in [-0.2, 0) is 22.4 Å². The molecule has 3 aromatic rings. The van der Waals surface area contributed by atoms with E-state index in [1.165, 1.54) is 12.1 Å². The smallest absolute Gasteiger partial charge is 0.407 e. The molecule has 230 valence electrons. The number of rotatable bonds is 10. The Balaban J connectivity index is 1.50. The van der Waals surface area contributed by atoms with E-state index in [9.17, 15) is 23.5 Å². The van der Waals surface area contributed by atoms with Crippen molar-refractivity contribution in [2.45, 2.75) is 70.7 Å². The van der Waals surface area contributed by atoms with Gasteiger partial charge in [-0.1, -0.05) is 37.3 Å². The Morgan fingerprint density at radius 3 is 2.37 bits per heavy atom. The van der Waals surface area contributed by atoms with Crippen molar-refractivity contribution in [2.24, 2.45) is 0 Å². The largest absolute Gasteiger partial charge is 0.444 e. The van der Waals surface area contributed by atoms with Crippen LogP contribution in [0.1, 0.15) is 67.2 Å². The molecule has 43 heavy (non-hydrogen) atoms. The minimum Gasteiger partial charge on any atom is -0.444 e. The Morgan fingerprint density at radius 2 is 1.72 bits per heavy atom. The lowest BCUT2D eigenvalue weighted by Crippen LogP contribution is -2.50. The highest BCUT2D eigenvalue weighted by atomic mass is 19.1. The lowest BCUT2D eigenvalue weighted by molar-refractivity contribution is 0.0403. The predicted octanol–water partition coefficient (Wildman–Crippen LogP) is 5.64. The fraction of sp³-hybridized carbons (Fsp3) is 0.394. The van der Waals surface area contributed by atoms with E-state index in [1.54, 1.807) is 50.1 Å². The van der Waals surface area contributed by atoms with Crippen molar-refractivity contribution in [2.75, 3.05) is 18.2 Å². The number of benzene rings is 3. The van der Waals surface area contributed by atoms with E-state index >= 15 is 0 Å². The summed E-state index contributed by atoms with van der Waals surface area (Å²) in [5.41, 5.74) is 2.69. The second-order valence-corrected chi connectivity index (χ2v) is 11.6. The van der Waals surface area contributed by atoms with E-state index in [2.05, 4.69) is 10.6 Å². The molecule has 10 heteroatoms. The van der Waals surface area contributed by atoms with Crippen LogP contribution in [0, 0.1) is 11.6 Å². The number of halogens is 2. The highest BCUT2D eigenvalue weighted by Crippen LogP contribution is 2.35. The maximum atomic E-state index is 13.9. The second-order valence-electron chi connectivity index (χ2n) is 11.6. The number of aryl methyl sites for hydroxylation is 1. The maximum Gasteiger partial charge on any atom is 0.407 e. The van der Waals surface area contributed by atoms with Gasteiger partial charge in [-0.15, -0.1) is 0 Å². The molecule has 1 aliphatic rings. The average Bonchev–Trinajstić information content (AvgIpc) is 2.94. The van der Waals surface area contributed by atoms with Crippen LogP contribution in [0.15, 0.2) is 66.7 Å². The molecule has 0 radical (unpaired) electrons. The third-order valence-electron chi connectivity index (χ3n) is 7.09. The summed E-state index contributed by atoms with van der Waals surface area (Å²) >= 11 is 0. The molecule has 1 aliphatic heterocycles. The number of hydrogen-bond donors (Lipinski definition) is 3. The summed E-state index contributed by atoms with van der Waals surface area (Å²) in [7, 11) is 0. The van der Waals surface area contributed by atoms with E-state index < -0.39 is 41.4 Å². The van der Waals surface area contributed by atoms with Crippen LogP contribution in [0.3, 0.4) is 0 Å². The first-order chi connectivity index (χ1) is 20.4. The standard InChI is InChI=1S/C33H39F2N3O5/c1-5-21-11-12-29-26(17-21)27(13-14-38(29)43-31(40)23-9-7-6-8-10-23)36-20-30(39)28(37-32(41)42-33(2,3)4)18-22-15-24(34)19-25(35)16-22/h6-12,15-17,19,27-28,30,36,39H,5,13-14,18,20H2,1-4H3,(H,37,41)/t27?,28?,30-/m1/s1. The van der Waals surface area contributed by atoms with Gasteiger partial charge in [-0.3, -0.25) is 0 Å². The number of hydroxylamine groups is 1. The normalized spacial score (nSPS) is 16.2. The van der Waals surface area contributed by atoms with Gasteiger partial charge in [0.1, 0.15) is 17.2 Å². The molecule has 3 atom stereocenters. The molecule has 0 bridgehead atoms. The first-order valence-corrected chi connectivity index (χ1v) is 14.5. The van der Waals surface area contributed by atoms with Crippen molar-refractivity contribution in [3.05, 3.63) is 101 Å². The number of nitrogens with zero attached hydrogens (tertiary/aromatic N) is 1. The zero-order valence-corrected chi connectivity index (χ0v) is 24.9. The van der Waals surface area contributed by atoms with Crippen LogP contribution < -0.4 is 15.7 Å². The summed E-state index contributed by atoms with van der Waals surface area (Å²) in [6.45, 7) is 7.66. The molecule has 1 amide bonds. The van der Waals surface area contributed by atoms with Crippen LogP contribution in [-0.4, -0.2) is 48.0 Å². The molecule has 0 aliphatic carbocycles. The van der Waals surface area contributed by atoms with Crippen LogP contribution in [0.4, 0.5) is 19.3 Å². The molecule has 2 unspecified atom stereocenters. The number of fused-ring (bicyclic) bond motifs is 1. The SMILES string of the molecule is CCc1ccc2c(c1)C(NC[C@@H](O)C(Cc1cc(F)cc(F)c1)NC(=O)OC(C)(C)C)CCN2OC(=O)c1ccccc1. The van der Waals surface area contributed by atoms with Gasteiger partial charge < -0.3 is 25.3 Å². The quantitative estimate of drug-likeness (QED) is 0.279. The number of carbonyl (C=O) groups excluding carboxylic acids is 2. The average molecular weight is 596 g/mol. The number of aliphatic hydroxyl groups is 1. The number of hydrogen-bond acceptors (Lipinski definition) is 7. The monoisotopic (exact) mass is 595 g/mol. The minimum absolute atomic E-state index is 0.0266. The lowest BCUT2D eigenvalue weighted by atomic mass is 9.94. The van der Waals surface area contributed by atoms with Gasteiger partial charge in [0.15, 0.2) is 0 Å². The van der Waals surface area contributed by atoms with E-state index in [0.29, 0.717) is 18.5 Å². The number of carbonyl (C=O) groups is 2. The summed E-state index contributed by atoms with van der Waals surface area (Å²) in [4.78, 5) is 31.1. The molecule has 0 saturated heterocycles. The molecular weight excluding hydrogens is 556 g/mol. The van der Waals surface area contributed by atoms with Crippen LogP contribution in [0.2, 0.25) is 0 Å². The summed E-state index contributed by atoms with van der Waals surface area (Å²) in [5.74, 6) is -1.96. The van der Waals surface area contributed by atoms with Gasteiger partial charge in [-0.2, -0.15) is 0 Å². The summed E-state index contributed by atoms with van der Waals surface area (Å²) in [6, 6.07) is 16.7. The highest BCUT2D eigenvalue weighted by Gasteiger charge is 2.30. The van der Waals surface area contributed by atoms with Gasteiger partial charge in [-0.05, 0) is 87.1 Å². The van der Waals surface area contributed by atoms with Crippen molar-refractivity contribution in [3.63, 3.8) is 0 Å². The number of anilines is 1. The Morgan fingerprint density at radius 1 is 1.02 bits per heavy atom. The van der Waals surface area contributed by atoms with Crippen molar-refractivity contribution >= 4 is 17.7 Å². The molecule has 8 nitrogen and oxygen atoms in total. The van der Waals surface area contributed by atoms with Crippen molar-refractivity contribution in [3.8, 4) is 0 Å². The van der Waals surface area contributed by atoms with E-state index in [0.717, 1.165) is 29.3 Å². The van der Waals surface area contributed by atoms with E-state index in [-0.39, 0.29) is 24.6 Å². The zero-order chi connectivity index (χ0) is 31.1. The Labute approximate surface area is 251 Å². The Bertz CT molecular complexity index is 1390. The minimum atomic E-state index is -1.13. The summed E-state index contributed by atoms with van der Waals surface area (Å²) < 4.78 is 33.2. The third kappa shape index (κ3) is 8.98. The number of nitrogens with one attached hydrogen (secondary N) is 2. The van der Waals surface area contributed by atoms with Crippen molar-refractivity contribution in [1.82, 2.24) is 10.6 Å². The summed E-state index contributed by atoms with van der Waals surface area (Å²) in [6.07, 6.45) is -0.543. The van der Waals surface area contributed by atoms with Crippen LogP contribution in [0.5, 0.6) is 0 Å². The molecular formula is C33H39F2N3O5. The lowest BCUT2D eigenvalue weighted by Gasteiger charge is -2.35. The third-order valence-corrected chi connectivity index (χ3v) is 7.09. The molecule has 4 rings (SSSR count). The number of ether oxygens (including phenoxy) is 1. The Hall–Kier alpha value is -4.02. The van der Waals surface area contributed by atoms with Gasteiger partial charge in [0, 0.05) is 18.7 Å². The topological polar surface area (TPSA) is 100 Å². The van der Waals surface area contributed by atoms with Gasteiger partial charge in [0.25, 0.3) is 0 Å². The van der Waals surface area contributed by atoms with Crippen molar-refractivity contribution < 1.29 is 33.1 Å². The molecule has 3 N–H and O–H groups in total. The van der Waals surface area contributed by atoms with Gasteiger partial charge in [0.05, 0.1) is 29.9 Å². The molecule has 0 spiro atoms. The fourth-order valence-corrected chi connectivity index (χ4v) is 5.02. The Kier molecular flexibility index (Phi) is 10.4. The molecule has 0 saturated carbocycles. The highest BCUT2D eigenvalue weighted by molar-refractivity contribution is 5.90. The van der Waals surface area contributed by atoms with Gasteiger partial charge in [0.2, 0.25) is 0 Å². The first-order valence-electron chi connectivity index (χ1n) is 14.5. The molecule has 3 aromatic carbocycles. The summed E-state index contributed by atoms with van der Waals surface area (Å²) in [5, 5.41) is 18.9. The molecule has 0 fully saturated rings. The van der Waals surface area contributed by atoms with E-state index in [1.807, 2.05) is 31.2 Å². The zero-order valence-electron chi connectivity index (χ0n) is 24.9. The van der Waals surface area contributed by atoms with Gasteiger partial charge >= 0.3 is 12.1 Å². The number of aliphatic hydroxyl groups excluding tert-OH is 1. The van der Waals surface area contributed by atoms with E-state index in [4.69, 9.17) is 9.57 Å². The van der Waals surface area contributed by atoms with Crippen LogP contribution >= 0.6 is 0 Å². The molecule has 1 heterocycles. The van der Waals surface area contributed by atoms with Crippen LogP contribution in [0.25, 0.3) is 0 Å². The van der Waals surface area contributed by atoms with Gasteiger partial charge in [-0.25, -0.2) is 23.4 Å². The predicted molar refractivity (Wildman–Crippen MR) is 160 cm³/mol. The second kappa shape index (κ2) is 14.0. The fourth-order valence-electron chi connectivity index (χ4n) is 5.02. The molecule has 0 aromatic heterocycles.